The third-order valence-electron chi connectivity index (χ3n) is 5.87. The van der Waals surface area contributed by atoms with E-state index in [9.17, 15) is 4.79 Å². The molecule has 1 aliphatic rings. The monoisotopic (exact) mass is 482 g/mol. The SMILES string of the molecule is CCc1c(C)sc2nc(SCc3nnc(Cc4ccccc4)o3)n(CC3CCCO3)c(=O)c12. The Morgan fingerprint density at radius 2 is 2.03 bits per heavy atom. The Labute approximate surface area is 200 Å². The van der Waals surface area contributed by atoms with Crippen molar-refractivity contribution in [1.82, 2.24) is 19.7 Å². The molecule has 5 rings (SSSR count). The van der Waals surface area contributed by atoms with Gasteiger partial charge in [-0.05, 0) is 37.3 Å². The lowest BCUT2D eigenvalue weighted by molar-refractivity contribution is 0.0937. The summed E-state index contributed by atoms with van der Waals surface area (Å²) < 4.78 is 13.5. The fourth-order valence-corrected chi connectivity index (χ4v) is 6.24. The van der Waals surface area contributed by atoms with Crippen LogP contribution in [0, 0.1) is 6.92 Å². The van der Waals surface area contributed by atoms with Crippen molar-refractivity contribution in [2.24, 2.45) is 0 Å². The van der Waals surface area contributed by atoms with Crippen LogP contribution < -0.4 is 5.56 Å². The summed E-state index contributed by atoms with van der Waals surface area (Å²) in [5, 5.41) is 9.82. The molecule has 1 saturated heterocycles. The van der Waals surface area contributed by atoms with Crippen LogP contribution in [-0.4, -0.2) is 32.5 Å². The molecule has 1 atom stereocenters. The number of aryl methyl sites for hydroxylation is 2. The Kier molecular flexibility index (Phi) is 6.62. The molecule has 0 radical (unpaired) electrons. The number of aromatic nitrogens is 4. The quantitative estimate of drug-likeness (QED) is 0.264. The van der Waals surface area contributed by atoms with Crippen LogP contribution in [0.4, 0.5) is 0 Å². The molecule has 0 bridgehead atoms. The Morgan fingerprint density at radius 3 is 2.79 bits per heavy atom. The van der Waals surface area contributed by atoms with Crippen molar-refractivity contribution in [2.45, 2.75) is 63.1 Å². The molecule has 1 aromatic carbocycles. The lowest BCUT2D eigenvalue weighted by Gasteiger charge is -2.15. The highest BCUT2D eigenvalue weighted by atomic mass is 32.2. The van der Waals surface area contributed by atoms with E-state index in [0.29, 0.717) is 35.7 Å². The van der Waals surface area contributed by atoms with E-state index < -0.39 is 0 Å². The van der Waals surface area contributed by atoms with Crippen molar-refractivity contribution in [3.05, 3.63) is 68.5 Å². The van der Waals surface area contributed by atoms with E-state index in [0.717, 1.165) is 52.1 Å². The molecule has 3 aromatic heterocycles. The van der Waals surface area contributed by atoms with Crippen LogP contribution in [0.3, 0.4) is 0 Å². The van der Waals surface area contributed by atoms with Crippen molar-refractivity contribution in [3.63, 3.8) is 0 Å². The number of thioether (sulfide) groups is 1. The van der Waals surface area contributed by atoms with Gasteiger partial charge in [0, 0.05) is 11.5 Å². The molecule has 1 fully saturated rings. The van der Waals surface area contributed by atoms with E-state index in [4.69, 9.17) is 14.1 Å². The summed E-state index contributed by atoms with van der Waals surface area (Å²) in [7, 11) is 0. The number of thiophene rings is 1. The number of hydrogen-bond acceptors (Lipinski definition) is 8. The number of rotatable bonds is 8. The van der Waals surface area contributed by atoms with Crippen LogP contribution in [-0.2, 0) is 29.9 Å². The van der Waals surface area contributed by atoms with Crippen molar-refractivity contribution >= 4 is 33.3 Å². The molecule has 172 valence electrons. The van der Waals surface area contributed by atoms with Crippen LogP contribution in [0.25, 0.3) is 10.2 Å². The molecule has 0 spiro atoms. The number of benzene rings is 1. The van der Waals surface area contributed by atoms with Gasteiger partial charge in [0.25, 0.3) is 5.56 Å². The Hall–Kier alpha value is -2.49. The fraction of sp³-hybridized carbons (Fsp3) is 0.417. The molecule has 0 aliphatic carbocycles. The third kappa shape index (κ3) is 4.76. The maximum Gasteiger partial charge on any atom is 0.263 e. The van der Waals surface area contributed by atoms with Gasteiger partial charge in [-0.1, -0.05) is 49.0 Å². The van der Waals surface area contributed by atoms with Gasteiger partial charge >= 0.3 is 0 Å². The minimum absolute atomic E-state index is 0.0227. The van der Waals surface area contributed by atoms with E-state index in [-0.39, 0.29) is 11.7 Å². The summed E-state index contributed by atoms with van der Waals surface area (Å²) in [6.07, 6.45) is 3.46. The molecule has 4 heterocycles. The Bertz CT molecular complexity index is 1310. The molecule has 9 heteroatoms. The van der Waals surface area contributed by atoms with Crippen LogP contribution in [0.15, 0.2) is 44.7 Å². The molecule has 33 heavy (non-hydrogen) atoms. The highest BCUT2D eigenvalue weighted by Crippen LogP contribution is 2.31. The zero-order valence-electron chi connectivity index (χ0n) is 18.7. The molecule has 1 unspecified atom stereocenters. The van der Waals surface area contributed by atoms with Crippen molar-refractivity contribution < 1.29 is 9.15 Å². The minimum Gasteiger partial charge on any atom is -0.424 e. The topological polar surface area (TPSA) is 83.0 Å². The largest absolute Gasteiger partial charge is 0.424 e. The number of nitrogens with zero attached hydrogens (tertiary/aromatic N) is 4. The van der Waals surface area contributed by atoms with Crippen molar-refractivity contribution in [3.8, 4) is 0 Å². The van der Waals surface area contributed by atoms with Gasteiger partial charge in [0.2, 0.25) is 11.8 Å². The maximum absolute atomic E-state index is 13.6. The van der Waals surface area contributed by atoms with E-state index >= 15 is 0 Å². The number of ether oxygens (including phenoxy) is 1. The van der Waals surface area contributed by atoms with Crippen LogP contribution in [0.5, 0.6) is 0 Å². The summed E-state index contributed by atoms with van der Waals surface area (Å²) in [5.41, 5.74) is 2.25. The van der Waals surface area contributed by atoms with E-state index in [2.05, 4.69) is 24.0 Å². The zero-order valence-corrected chi connectivity index (χ0v) is 20.4. The molecule has 0 saturated carbocycles. The standard InChI is InChI=1S/C24H26N4O3S2/c1-3-18-15(2)33-22-21(18)23(29)28(13-17-10-7-11-30-17)24(25-22)32-14-20-27-26-19(31-20)12-16-8-5-4-6-9-16/h4-6,8-9,17H,3,7,10-14H2,1-2H3. The average Bonchev–Trinajstić information content (AvgIpc) is 3.55. The fourth-order valence-electron chi connectivity index (χ4n) is 4.23. The number of hydrogen-bond donors (Lipinski definition) is 0. The lowest BCUT2D eigenvalue weighted by atomic mass is 10.1. The summed E-state index contributed by atoms with van der Waals surface area (Å²) in [6.45, 7) is 5.42. The van der Waals surface area contributed by atoms with Crippen molar-refractivity contribution in [2.75, 3.05) is 6.61 Å². The van der Waals surface area contributed by atoms with Gasteiger partial charge in [0.15, 0.2) is 5.16 Å². The van der Waals surface area contributed by atoms with Gasteiger partial charge < -0.3 is 9.15 Å². The van der Waals surface area contributed by atoms with Crippen LogP contribution >= 0.6 is 23.1 Å². The Morgan fingerprint density at radius 1 is 1.21 bits per heavy atom. The lowest BCUT2D eigenvalue weighted by Crippen LogP contribution is -2.29. The first-order valence-electron chi connectivity index (χ1n) is 11.2. The third-order valence-corrected chi connectivity index (χ3v) is 7.88. The van der Waals surface area contributed by atoms with Gasteiger partial charge in [-0.15, -0.1) is 21.5 Å². The van der Waals surface area contributed by atoms with Crippen LogP contribution in [0.2, 0.25) is 0 Å². The second-order valence-electron chi connectivity index (χ2n) is 8.16. The highest BCUT2D eigenvalue weighted by molar-refractivity contribution is 7.98. The second kappa shape index (κ2) is 9.79. The molecule has 1 aliphatic heterocycles. The smallest absolute Gasteiger partial charge is 0.263 e. The minimum atomic E-state index is 0.0227. The highest BCUT2D eigenvalue weighted by Gasteiger charge is 2.23. The molecular weight excluding hydrogens is 456 g/mol. The maximum atomic E-state index is 13.6. The summed E-state index contributed by atoms with van der Waals surface area (Å²) in [5.74, 6) is 1.56. The summed E-state index contributed by atoms with van der Waals surface area (Å²) in [6, 6.07) is 10.0. The van der Waals surface area contributed by atoms with E-state index in [1.165, 1.54) is 11.8 Å². The van der Waals surface area contributed by atoms with Gasteiger partial charge in [-0.25, -0.2) is 4.98 Å². The van der Waals surface area contributed by atoms with E-state index in [1.807, 2.05) is 30.3 Å². The molecule has 4 aromatic rings. The molecule has 0 amide bonds. The van der Waals surface area contributed by atoms with E-state index in [1.54, 1.807) is 15.9 Å². The normalized spacial score (nSPS) is 16.1. The van der Waals surface area contributed by atoms with Crippen molar-refractivity contribution in [1.29, 1.82) is 0 Å². The molecule has 7 nitrogen and oxygen atoms in total. The first-order valence-corrected chi connectivity index (χ1v) is 13.0. The van der Waals surface area contributed by atoms with Crippen LogP contribution in [0.1, 0.15) is 47.6 Å². The van der Waals surface area contributed by atoms with Gasteiger partial charge in [-0.2, -0.15) is 0 Å². The Balaban J connectivity index is 1.41. The first kappa shape index (κ1) is 22.3. The molecule has 0 N–H and O–H groups in total. The molecular formula is C24H26N4O3S2. The predicted molar refractivity (Wildman–Crippen MR) is 130 cm³/mol. The summed E-state index contributed by atoms with van der Waals surface area (Å²) >= 11 is 3.05. The predicted octanol–water partition coefficient (Wildman–Crippen LogP) is 4.77. The first-order chi connectivity index (χ1) is 16.1. The van der Waals surface area contributed by atoms with Gasteiger partial charge in [0.1, 0.15) is 4.83 Å². The average molecular weight is 483 g/mol. The number of fused-ring (bicyclic) bond motifs is 1. The van der Waals surface area contributed by atoms with Gasteiger partial charge in [0.05, 0.1) is 30.2 Å². The zero-order chi connectivity index (χ0) is 22.8. The summed E-state index contributed by atoms with van der Waals surface area (Å²) in [4.78, 5) is 20.4. The van der Waals surface area contributed by atoms with Gasteiger partial charge in [-0.3, -0.25) is 9.36 Å². The second-order valence-corrected chi connectivity index (χ2v) is 10.3.